The molecule has 0 aromatic carbocycles. The van der Waals surface area contributed by atoms with Gasteiger partial charge in [-0.2, -0.15) is 0 Å². The van der Waals surface area contributed by atoms with Crippen molar-refractivity contribution in [2.75, 3.05) is 38.2 Å². The fourth-order valence-electron chi connectivity index (χ4n) is 3.94. The lowest BCUT2D eigenvalue weighted by atomic mass is 9.92. The highest BCUT2D eigenvalue weighted by atomic mass is 15.7. The Morgan fingerprint density at radius 1 is 1.05 bits per heavy atom. The second-order valence-electron chi connectivity index (χ2n) is 6.59. The normalized spacial score (nSPS) is 31.2. The predicted octanol–water partition coefficient (Wildman–Crippen LogP) is 1.24. The van der Waals surface area contributed by atoms with E-state index in [-0.39, 0.29) is 0 Å². The highest BCUT2D eigenvalue weighted by Gasteiger charge is 2.43. The van der Waals surface area contributed by atoms with Crippen LogP contribution in [0.1, 0.15) is 19.3 Å². The molecular weight excluding hydrogens is 250 g/mol. The van der Waals surface area contributed by atoms with E-state index in [2.05, 4.69) is 31.9 Å². The minimum Gasteiger partial charge on any atom is -0.306 e. The summed E-state index contributed by atoms with van der Waals surface area (Å²) >= 11 is 0. The smallest absolute Gasteiger partial charge is 0.240 e. The van der Waals surface area contributed by atoms with Gasteiger partial charge in [0, 0.05) is 44.6 Å². The first-order chi connectivity index (χ1) is 9.81. The fraction of sp³-hybridized carbons (Fsp3) is 0.733. The molecule has 1 saturated carbocycles. The van der Waals surface area contributed by atoms with E-state index in [4.69, 9.17) is 0 Å². The van der Waals surface area contributed by atoms with Gasteiger partial charge in [0.15, 0.2) is 0 Å². The number of likely N-dealkylation sites (tertiary alicyclic amines) is 1. The molecule has 1 aromatic heterocycles. The Hall–Kier alpha value is -1.20. The quantitative estimate of drug-likeness (QED) is 0.828. The Balaban J connectivity index is 1.54. The molecule has 0 radical (unpaired) electrons. The summed E-state index contributed by atoms with van der Waals surface area (Å²) in [5.41, 5.74) is 0. The van der Waals surface area contributed by atoms with Crippen LogP contribution in [0.3, 0.4) is 0 Å². The number of nitrogens with zero attached hydrogens (tertiary/aromatic N) is 5. The van der Waals surface area contributed by atoms with Crippen molar-refractivity contribution in [3.05, 3.63) is 18.5 Å². The van der Waals surface area contributed by atoms with E-state index in [1.165, 1.54) is 45.4 Å². The lowest BCUT2D eigenvalue weighted by Gasteiger charge is -2.43. The average Bonchev–Trinajstić information content (AvgIpc) is 2.91. The van der Waals surface area contributed by atoms with Gasteiger partial charge in [0.2, 0.25) is 5.95 Å². The maximum absolute atomic E-state index is 4.50. The summed E-state index contributed by atoms with van der Waals surface area (Å²) in [6.45, 7) is 4.83. The number of rotatable bonds is 3. The molecule has 1 aliphatic carbocycles. The molecule has 0 bridgehead atoms. The maximum Gasteiger partial charge on any atom is 0.240 e. The topological polar surface area (TPSA) is 35.5 Å². The number of hydrazine groups is 1. The third-order valence-electron chi connectivity index (χ3n) is 5.13. The molecule has 3 aliphatic rings. The third-order valence-corrected chi connectivity index (χ3v) is 5.13. The summed E-state index contributed by atoms with van der Waals surface area (Å²) in [5, 5.41) is 4.93. The number of hydrogen-bond donors (Lipinski definition) is 0. The molecule has 1 aromatic rings. The van der Waals surface area contributed by atoms with Crippen LogP contribution >= 0.6 is 0 Å². The van der Waals surface area contributed by atoms with Gasteiger partial charge in [-0.15, -0.1) is 0 Å². The van der Waals surface area contributed by atoms with Gasteiger partial charge < -0.3 is 4.90 Å². The van der Waals surface area contributed by atoms with Gasteiger partial charge in [-0.05, 0) is 44.2 Å². The largest absolute Gasteiger partial charge is 0.306 e. The summed E-state index contributed by atoms with van der Waals surface area (Å²) in [6.07, 6.45) is 7.63. The van der Waals surface area contributed by atoms with Crippen molar-refractivity contribution >= 4 is 5.95 Å². The van der Waals surface area contributed by atoms with E-state index < -0.39 is 0 Å². The van der Waals surface area contributed by atoms with E-state index in [0.29, 0.717) is 6.04 Å². The Bertz CT molecular complexity index is 447. The zero-order valence-corrected chi connectivity index (χ0v) is 12.1. The summed E-state index contributed by atoms with van der Waals surface area (Å²) in [4.78, 5) is 11.5. The third kappa shape index (κ3) is 2.09. The Morgan fingerprint density at radius 2 is 1.70 bits per heavy atom. The number of fused-ring (bicyclic) bond motifs is 1. The van der Waals surface area contributed by atoms with Crippen molar-refractivity contribution in [3.63, 3.8) is 0 Å². The first kappa shape index (κ1) is 12.5. The molecule has 2 unspecified atom stereocenters. The Labute approximate surface area is 120 Å². The number of anilines is 1. The zero-order valence-electron chi connectivity index (χ0n) is 12.1. The molecule has 108 valence electrons. The van der Waals surface area contributed by atoms with Gasteiger partial charge in [-0.25, -0.2) is 15.0 Å². The second-order valence-corrected chi connectivity index (χ2v) is 6.59. The van der Waals surface area contributed by atoms with Crippen LogP contribution in [0.25, 0.3) is 0 Å². The zero-order chi connectivity index (χ0) is 13.5. The predicted molar refractivity (Wildman–Crippen MR) is 78.2 cm³/mol. The summed E-state index contributed by atoms with van der Waals surface area (Å²) in [7, 11) is 2.24. The van der Waals surface area contributed by atoms with E-state index in [0.717, 1.165) is 17.8 Å². The molecule has 2 aliphatic heterocycles. The van der Waals surface area contributed by atoms with Crippen molar-refractivity contribution in [1.29, 1.82) is 0 Å². The standard InChI is InChI=1S/C15H23N5/c1-18-8-12-10-19(11-13(12)9-18)20(14-4-2-5-14)15-16-6-3-7-17-15/h3,6-7,12-14H,2,4-5,8-11H2,1H3. The minimum absolute atomic E-state index is 0.619. The van der Waals surface area contributed by atoms with Crippen LogP contribution in [0.2, 0.25) is 0 Å². The molecule has 3 heterocycles. The molecule has 3 fully saturated rings. The molecule has 0 N–H and O–H groups in total. The first-order valence-corrected chi connectivity index (χ1v) is 7.81. The molecule has 5 nitrogen and oxygen atoms in total. The van der Waals surface area contributed by atoms with Crippen LogP contribution in [0.5, 0.6) is 0 Å². The lowest BCUT2D eigenvalue weighted by molar-refractivity contribution is 0.195. The first-order valence-electron chi connectivity index (χ1n) is 7.81. The number of hydrogen-bond acceptors (Lipinski definition) is 5. The molecule has 4 rings (SSSR count). The molecule has 2 atom stereocenters. The highest BCUT2D eigenvalue weighted by Crippen LogP contribution is 2.36. The average molecular weight is 273 g/mol. The van der Waals surface area contributed by atoms with Gasteiger partial charge in [0.25, 0.3) is 0 Å². The van der Waals surface area contributed by atoms with Crippen LogP contribution < -0.4 is 5.01 Å². The monoisotopic (exact) mass is 273 g/mol. The molecule has 0 spiro atoms. The summed E-state index contributed by atoms with van der Waals surface area (Å²) < 4.78 is 0. The SMILES string of the molecule is CN1CC2CN(N(c3ncccn3)C3CCC3)CC2C1. The molecule has 0 amide bonds. The van der Waals surface area contributed by atoms with E-state index in [1.54, 1.807) is 0 Å². The molecule has 20 heavy (non-hydrogen) atoms. The van der Waals surface area contributed by atoms with Gasteiger partial charge >= 0.3 is 0 Å². The van der Waals surface area contributed by atoms with Gasteiger partial charge in [0.1, 0.15) is 0 Å². The van der Waals surface area contributed by atoms with Crippen molar-refractivity contribution < 1.29 is 0 Å². The lowest BCUT2D eigenvalue weighted by Crippen LogP contribution is -2.52. The second kappa shape index (κ2) is 4.97. The van der Waals surface area contributed by atoms with Crippen LogP contribution in [0, 0.1) is 11.8 Å². The van der Waals surface area contributed by atoms with Gasteiger partial charge in [-0.1, -0.05) is 0 Å². The minimum atomic E-state index is 0.619. The maximum atomic E-state index is 4.50. The highest BCUT2D eigenvalue weighted by molar-refractivity contribution is 5.30. The van der Waals surface area contributed by atoms with E-state index in [1.807, 2.05) is 18.5 Å². The van der Waals surface area contributed by atoms with Crippen LogP contribution in [-0.2, 0) is 0 Å². The van der Waals surface area contributed by atoms with Crippen molar-refractivity contribution in [3.8, 4) is 0 Å². The van der Waals surface area contributed by atoms with Crippen molar-refractivity contribution in [1.82, 2.24) is 19.9 Å². The van der Waals surface area contributed by atoms with Crippen LogP contribution in [0.4, 0.5) is 5.95 Å². The Morgan fingerprint density at radius 3 is 2.25 bits per heavy atom. The van der Waals surface area contributed by atoms with E-state index in [9.17, 15) is 0 Å². The van der Waals surface area contributed by atoms with Gasteiger partial charge in [-0.3, -0.25) is 5.01 Å². The number of aromatic nitrogens is 2. The molecule has 5 heteroatoms. The molecular formula is C15H23N5. The Kier molecular flexibility index (Phi) is 3.11. The van der Waals surface area contributed by atoms with Crippen molar-refractivity contribution in [2.45, 2.75) is 25.3 Å². The molecule has 2 saturated heterocycles. The summed E-state index contributed by atoms with van der Waals surface area (Å²) in [5.74, 6) is 2.54. The van der Waals surface area contributed by atoms with Crippen LogP contribution in [-0.4, -0.2) is 59.1 Å². The van der Waals surface area contributed by atoms with E-state index >= 15 is 0 Å². The summed E-state index contributed by atoms with van der Waals surface area (Å²) in [6, 6.07) is 2.52. The van der Waals surface area contributed by atoms with Gasteiger partial charge in [0.05, 0.1) is 0 Å². The fourth-order valence-corrected chi connectivity index (χ4v) is 3.94. The van der Waals surface area contributed by atoms with Crippen LogP contribution in [0.15, 0.2) is 18.5 Å². The van der Waals surface area contributed by atoms with Crippen molar-refractivity contribution in [2.24, 2.45) is 11.8 Å².